The molecule has 116 valence electrons. The molecule has 0 unspecified atom stereocenters. The highest BCUT2D eigenvalue weighted by Crippen LogP contribution is 2.34. The molecule has 0 amide bonds. The van der Waals surface area contributed by atoms with Crippen LogP contribution in [-0.4, -0.2) is 16.5 Å². The van der Waals surface area contributed by atoms with E-state index in [1.807, 2.05) is 6.92 Å². The fourth-order valence-electron chi connectivity index (χ4n) is 2.46. The van der Waals surface area contributed by atoms with Gasteiger partial charge >= 0.3 is 0 Å². The molecule has 0 aliphatic rings. The molecule has 0 saturated heterocycles. The summed E-state index contributed by atoms with van der Waals surface area (Å²) in [5.74, 6) is 0.333. The summed E-state index contributed by atoms with van der Waals surface area (Å²) in [7, 11) is 0. The van der Waals surface area contributed by atoms with Crippen LogP contribution >= 0.6 is 22.9 Å². The Kier molecular flexibility index (Phi) is 4.42. The van der Waals surface area contributed by atoms with Gasteiger partial charge in [-0.3, -0.25) is 0 Å². The van der Waals surface area contributed by atoms with Crippen LogP contribution in [0.3, 0.4) is 0 Å². The summed E-state index contributed by atoms with van der Waals surface area (Å²) < 4.78 is 14.7. The van der Waals surface area contributed by atoms with Crippen LogP contribution in [0.1, 0.15) is 16.0 Å². The molecule has 0 spiro atoms. The van der Waals surface area contributed by atoms with Crippen LogP contribution in [-0.2, 0) is 6.42 Å². The summed E-state index contributed by atoms with van der Waals surface area (Å²) in [6.45, 7) is 2.41. The van der Waals surface area contributed by atoms with Crippen molar-refractivity contribution in [3.8, 4) is 6.07 Å². The number of hydrogen-bond acceptors (Lipinski definition) is 5. The summed E-state index contributed by atoms with van der Waals surface area (Å²) >= 11 is 7.22. The molecule has 3 rings (SSSR count). The van der Waals surface area contributed by atoms with Gasteiger partial charge in [-0.05, 0) is 36.6 Å². The Morgan fingerprint density at radius 1 is 1.35 bits per heavy atom. The summed E-state index contributed by atoms with van der Waals surface area (Å²) in [5, 5.41) is 13.6. The predicted molar refractivity (Wildman–Crippen MR) is 90.5 cm³/mol. The first-order valence-corrected chi connectivity index (χ1v) is 8.11. The zero-order valence-electron chi connectivity index (χ0n) is 12.2. The van der Waals surface area contributed by atoms with Crippen molar-refractivity contribution in [1.29, 1.82) is 5.26 Å². The first-order valence-electron chi connectivity index (χ1n) is 6.91. The zero-order valence-corrected chi connectivity index (χ0v) is 13.8. The Labute approximate surface area is 141 Å². The topological polar surface area (TPSA) is 61.6 Å². The van der Waals surface area contributed by atoms with E-state index in [1.165, 1.54) is 29.8 Å². The molecule has 0 radical (unpaired) electrons. The Morgan fingerprint density at radius 3 is 2.91 bits per heavy atom. The van der Waals surface area contributed by atoms with Gasteiger partial charge in [0.25, 0.3) is 0 Å². The van der Waals surface area contributed by atoms with Crippen LogP contribution < -0.4 is 5.32 Å². The van der Waals surface area contributed by atoms with Crippen LogP contribution in [0.5, 0.6) is 0 Å². The lowest BCUT2D eigenvalue weighted by Gasteiger charge is -2.06. The Morgan fingerprint density at radius 2 is 2.17 bits per heavy atom. The van der Waals surface area contributed by atoms with E-state index in [4.69, 9.17) is 11.6 Å². The van der Waals surface area contributed by atoms with Crippen LogP contribution in [0.4, 0.5) is 10.2 Å². The highest BCUT2D eigenvalue weighted by atomic mass is 35.5. The second-order valence-electron chi connectivity index (χ2n) is 5.02. The lowest BCUT2D eigenvalue weighted by molar-refractivity contribution is 0.628. The number of anilines is 1. The van der Waals surface area contributed by atoms with Crippen LogP contribution in [0.15, 0.2) is 24.5 Å². The molecule has 0 bridgehead atoms. The van der Waals surface area contributed by atoms with Crippen molar-refractivity contribution < 1.29 is 4.39 Å². The van der Waals surface area contributed by atoms with Crippen molar-refractivity contribution in [2.45, 2.75) is 13.3 Å². The van der Waals surface area contributed by atoms with Crippen molar-refractivity contribution >= 4 is 38.8 Å². The molecule has 0 aliphatic heterocycles. The van der Waals surface area contributed by atoms with E-state index < -0.39 is 0 Å². The number of nitrogens with zero attached hydrogens (tertiary/aromatic N) is 3. The monoisotopic (exact) mass is 346 g/mol. The van der Waals surface area contributed by atoms with Crippen molar-refractivity contribution in [3.63, 3.8) is 0 Å². The summed E-state index contributed by atoms with van der Waals surface area (Å²) in [6.07, 6.45) is 1.97. The summed E-state index contributed by atoms with van der Waals surface area (Å²) in [5.41, 5.74) is 1.71. The minimum Gasteiger partial charge on any atom is -0.370 e. The lowest BCUT2D eigenvalue weighted by Crippen LogP contribution is -2.07. The maximum Gasteiger partial charge on any atom is 0.134 e. The van der Waals surface area contributed by atoms with E-state index >= 15 is 0 Å². The van der Waals surface area contributed by atoms with Gasteiger partial charge in [-0.2, -0.15) is 5.26 Å². The molecule has 1 aromatic carbocycles. The van der Waals surface area contributed by atoms with E-state index in [0.29, 0.717) is 28.8 Å². The second kappa shape index (κ2) is 6.49. The molecule has 0 saturated carbocycles. The van der Waals surface area contributed by atoms with Gasteiger partial charge in [0, 0.05) is 22.7 Å². The first-order chi connectivity index (χ1) is 11.1. The standard InChI is InChI=1S/C16H12ClFN4S/c1-9-4-10(18)5-12-11(13(7-19)23-16(9)12)2-3-20-15-6-14(17)21-8-22-15/h4-6,8H,2-3H2,1H3,(H,20,21,22). The largest absolute Gasteiger partial charge is 0.370 e. The Balaban J connectivity index is 1.86. The fraction of sp³-hybridized carbons (Fsp3) is 0.188. The lowest BCUT2D eigenvalue weighted by atomic mass is 10.1. The number of benzene rings is 1. The van der Waals surface area contributed by atoms with Crippen LogP contribution in [0.2, 0.25) is 5.15 Å². The summed E-state index contributed by atoms with van der Waals surface area (Å²) in [4.78, 5) is 8.50. The minimum absolute atomic E-state index is 0.283. The number of aryl methyl sites for hydroxylation is 1. The normalized spacial score (nSPS) is 10.7. The third-order valence-corrected chi connectivity index (χ3v) is 4.95. The molecule has 0 aliphatic carbocycles. The van der Waals surface area contributed by atoms with Crippen molar-refractivity contribution in [2.24, 2.45) is 0 Å². The van der Waals surface area contributed by atoms with E-state index in [0.717, 1.165) is 21.2 Å². The smallest absolute Gasteiger partial charge is 0.134 e. The maximum absolute atomic E-state index is 13.7. The highest BCUT2D eigenvalue weighted by Gasteiger charge is 2.14. The van der Waals surface area contributed by atoms with Gasteiger partial charge in [-0.1, -0.05) is 11.6 Å². The molecular weight excluding hydrogens is 335 g/mol. The van der Waals surface area contributed by atoms with Crippen molar-refractivity contribution in [2.75, 3.05) is 11.9 Å². The molecule has 0 fully saturated rings. The minimum atomic E-state index is -0.283. The molecule has 0 atom stereocenters. The van der Waals surface area contributed by atoms with Crippen LogP contribution in [0, 0.1) is 24.1 Å². The van der Waals surface area contributed by atoms with Crippen molar-refractivity contribution in [1.82, 2.24) is 9.97 Å². The molecule has 4 nitrogen and oxygen atoms in total. The van der Waals surface area contributed by atoms with E-state index in [9.17, 15) is 9.65 Å². The van der Waals surface area contributed by atoms with Crippen LogP contribution in [0.25, 0.3) is 10.1 Å². The van der Waals surface area contributed by atoms with Gasteiger partial charge < -0.3 is 5.32 Å². The number of aromatic nitrogens is 2. The average molecular weight is 347 g/mol. The molecule has 23 heavy (non-hydrogen) atoms. The zero-order chi connectivity index (χ0) is 16.4. The molecule has 3 aromatic rings. The fourth-order valence-corrected chi connectivity index (χ4v) is 3.70. The number of thiophene rings is 1. The SMILES string of the molecule is Cc1cc(F)cc2c(CCNc3cc(Cl)ncn3)c(C#N)sc12. The third kappa shape index (κ3) is 3.26. The number of rotatable bonds is 4. The number of nitriles is 1. The van der Waals surface area contributed by atoms with E-state index in [2.05, 4.69) is 21.4 Å². The maximum atomic E-state index is 13.7. The average Bonchev–Trinajstić information content (AvgIpc) is 2.86. The number of hydrogen-bond donors (Lipinski definition) is 1. The Bertz CT molecular complexity index is 916. The van der Waals surface area contributed by atoms with Gasteiger partial charge in [-0.15, -0.1) is 11.3 Å². The molecule has 2 aromatic heterocycles. The molecule has 1 N–H and O–H groups in total. The van der Waals surface area contributed by atoms with E-state index in [1.54, 1.807) is 6.07 Å². The van der Waals surface area contributed by atoms with Gasteiger partial charge in [0.1, 0.15) is 34.1 Å². The molecule has 2 heterocycles. The predicted octanol–water partition coefficient (Wildman–Crippen LogP) is 4.32. The highest BCUT2D eigenvalue weighted by molar-refractivity contribution is 7.20. The van der Waals surface area contributed by atoms with Gasteiger partial charge in [0.05, 0.1) is 0 Å². The quantitative estimate of drug-likeness (QED) is 0.715. The van der Waals surface area contributed by atoms with Crippen molar-refractivity contribution in [3.05, 3.63) is 51.5 Å². The first kappa shape index (κ1) is 15.7. The number of nitrogens with one attached hydrogen (secondary N) is 1. The second-order valence-corrected chi connectivity index (χ2v) is 6.43. The molecular formula is C16H12ClFN4S. The number of fused-ring (bicyclic) bond motifs is 1. The van der Waals surface area contributed by atoms with Gasteiger partial charge in [0.2, 0.25) is 0 Å². The Hall–Kier alpha value is -2.23. The number of halogens is 2. The van der Waals surface area contributed by atoms with Gasteiger partial charge in [-0.25, -0.2) is 14.4 Å². The summed E-state index contributed by atoms with van der Waals surface area (Å²) in [6, 6.07) is 6.83. The third-order valence-electron chi connectivity index (χ3n) is 3.46. The van der Waals surface area contributed by atoms with Gasteiger partial charge in [0.15, 0.2) is 0 Å². The van der Waals surface area contributed by atoms with E-state index in [-0.39, 0.29) is 5.82 Å². The molecule has 7 heteroatoms.